The second-order valence-corrected chi connectivity index (χ2v) is 5.92. The molecular weight excluding hydrogens is 314 g/mol. The number of rotatable bonds is 3. The summed E-state index contributed by atoms with van der Waals surface area (Å²) in [7, 11) is 0. The fourth-order valence-electron chi connectivity index (χ4n) is 2.54. The Bertz CT molecular complexity index is 716. The molecule has 0 radical (unpaired) electrons. The molecule has 2 unspecified atom stereocenters. The minimum Gasteiger partial charge on any atom is -0.326 e. The number of halogens is 1. The van der Waals surface area contributed by atoms with Crippen LogP contribution in [0.1, 0.15) is 18.5 Å². The normalized spacial score (nSPS) is 14.3. The van der Waals surface area contributed by atoms with E-state index in [4.69, 9.17) is 5.73 Å². The summed E-state index contributed by atoms with van der Waals surface area (Å²) >= 11 is 3.47. The maximum atomic E-state index is 6.22. The van der Waals surface area contributed by atoms with Crippen molar-refractivity contribution in [2.75, 3.05) is 0 Å². The van der Waals surface area contributed by atoms with E-state index in [2.05, 4.69) is 45.3 Å². The SMILES string of the molecule is CC(N)C(c1ccc(Br)cc1)n1ncc2ccccc21. The zero-order valence-corrected chi connectivity index (χ0v) is 12.8. The molecule has 0 saturated heterocycles. The van der Waals surface area contributed by atoms with Gasteiger partial charge in [-0.25, -0.2) is 0 Å². The summed E-state index contributed by atoms with van der Waals surface area (Å²) in [6.45, 7) is 2.02. The van der Waals surface area contributed by atoms with Gasteiger partial charge in [-0.3, -0.25) is 4.68 Å². The molecule has 1 aromatic heterocycles. The molecule has 2 atom stereocenters. The van der Waals surface area contributed by atoms with Crippen LogP contribution in [0.15, 0.2) is 59.2 Å². The molecule has 3 aromatic rings. The van der Waals surface area contributed by atoms with Crippen molar-refractivity contribution in [1.29, 1.82) is 0 Å². The van der Waals surface area contributed by atoms with E-state index in [-0.39, 0.29) is 12.1 Å². The monoisotopic (exact) mass is 329 g/mol. The molecule has 0 bridgehead atoms. The molecule has 102 valence electrons. The number of nitrogens with zero attached hydrogens (tertiary/aromatic N) is 2. The zero-order valence-electron chi connectivity index (χ0n) is 11.2. The van der Waals surface area contributed by atoms with Crippen LogP contribution in [0.3, 0.4) is 0 Å². The minimum absolute atomic E-state index is 0.0283. The Balaban J connectivity index is 2.13. The number of aromatic nitrogens is 2. The average Bonchev–Trinajstić information content (AvgIpc) is 2.85. The highest BCUT2D eigenvalue weighted by Gasteiger charge is 2.20. The van der Waals surface area contributed by atoms with Gasteiger partial charge in [0, 0.05) is 15.9 Å². The van der Waals surface area contributed by atoms with Crippen molar-refractivity contribution in [3.8, 4) is 0 Å². The molecule has 0 aliphatic rings. The summed E-state index contributed by atoms with van der Waals surface area (Å²) in [6.07, 6.45) is 1.89. The predicted molar refractivity (Wildman–Crippen MR) is 85.7 cm³/mol. The summed E-state index contributed by atoms with van der Waals surface area (Å²) in [5.41, 5.74) is 8.49. The average molecular weight is 330 g/mol. The van der Waals surface area contributed by atoms with Crippen LogP contribution in [0.25, 0.3) is 10.9 Å². The molecule has 0 fully saturated rings. The van der Waals surface area contributed by atoms with E-state index in [9.17, 15) is 0 Å². The van der Waals surface area contributed by atoms with Crippen LogP contribution in [0, 0.1) is 0 Å². The first-order valence-electron chi connectivity index (χ1n) is 6.60. The van der Waals surface area contributed by atoms with E-state index in [0.717, 1.165) is 20.9 Å². The van der Waals surface area contributed by atoms with E-state index in [1.54, 1.807) is 0 Å². The molecule has 3 nitrogen and oxygen atoms in total. The van der Waals surface area contributed by atoms with Crippen LogP contribution in [-0.2, 0) is 0 Å². The van der Waals surface area contributed by atoms with Crippen LogP contribution in [0.4, 0.5) is 0 Å². The summed E-state index contributed by atoms with van der Waals surface area (Å²) in [5.74, 6) is 0. The van der Waals surface area contributed by atoms with E-state index >= 15 is 0 Å². The lowest BCUT2D eigenvalue weighted by Crippen LogP contribution is -2.30. The molecule has 0 aliphatic heterocycles. The number of nitrogens with two attached hydrogens (primary N) is 1. The van der Waals surface area contributed by atoms with Crippen molar-refractivity contribution < 1.29 is 0 Å². The lowest BCUT2D eigenvalue weighted by molar-refractivity contribution is 0.466. The summed E-state index contributed by atoms with van der Waals surface area (Å²) in [4.78, 5) is 0. The van der Waals surface area contributed by atoms with Crippen molar-refractivity contribution in [3.05, 3.63) is 64.8 Å². The molecule has 0 spiro atoms. The number of hydrogen-bond donors (Lipinski definition) is 1. The molecular formula is C16H16BrN3. The van der Waals surface area contributed by atoms with Crippen LogP contribution < -0.4 is 5.73 Å². The Kier molecular flexibility index (Phi) is 3.59. The minimum atomic E-state index is -0.0283. The molecule has 2 aromatic carbocycles. The van der Waals surface area contributed by atoms with Gasteiger partial charge in [0.25, 0.3) is 0 Å². The largest absolute Gasteiger partial charge is 0.326 e. The van der Waals surface area contributed by atoms with Crippen molar-refractivity contribution in [2.24, 2.45) is 5.73 Å². The highest BCUT2D eigenvalue weighted by Crippen LogP contribution is 2.26. The second-order valence-electron chi connectivity index (χ2n) is 5.00. The van der Waals surface area contributed by atoms with Gasteiger partial charge in [0.15, 0.2) is 0 Å². The van der Waals surface area contributed by atoms with Gasteiger partial charge in [0.05, 0.1) is 17.8 Å². The summed E-state index contributed by atoms with van der Waals surface area (Å²) in [6, 6.07) is 16.5. The quantitative estimate of drug-likeness (QED) is 0.795. The van der Waals surface area contributed by atoms with Gasteiger partial charge in [-0.1, -0.05) is 46.3 Å². The third-order valence-electron chi connectivity index (χ3n) is 3.48. The summed E-state index contributed by atoms with van der Waals surface area (Å²) < 4.78 is 3.08. The molecule has 1 heterocycles. The van der Waals surface area contributed by atoms with Crippen LogP contribution >= 0.6 is 15.9 Å². The molecule has 0 aliphatic carbocycles. The first-order valence-corrected chi connectivity index (χ1v) is 7.39. The van der Waals surface area contributed by atoms with Crippen molar-refractivity contribution in [2.45, 2.75) is 19.0 Å². The van der Waals surface area contributed by atoms with Crippen molar-refractivity contribution in [3.63, 3.8) is 0 Å². The third kappa shape index (κ3) is 2.37. The number of benzene rings is 2. The fraction of sp³-hybridized carbons (Fsp3) is 0.188. The second kappa shape index (κ2) is 5.38. The lowest BCUT2D eigenvalue weighted by Gasteiger charge is -2.23. The number of para-hydroxylation sites is 1. The van der Waals surface area contributed by atoms with Gasteiger partial charge in [-0.2, -0.15) is 5.10 Å². The van der Waals surface area contributed by atoms with Gasteiger partial charge >= 0.3 is 0 Å². The van der Waals surface area contributed by atoms with E-state index in [1.807, 2.05) is 42.1 Å². The first kappa shape index (κ1) is 13.3. The maximum absolute atomic E-state index is 6.22. The van der Waals surface area contributed by atoms with E-state index in [1.165, 1.54) is 0 Å². The van der Waals surface area contributed by atoms with E-state index < -0.39 is 0 Å². The van der Waals surface area contributed by atoms with Gasteiger partial charge in [0.2, 0.25) is 0 Å². The van der Waals surface area contributed by atoms with Crippen LogP contribution in [0.5, 0.6) is 0 Å². The highest BCUT2D eigenvalue weighted by atomic mass is 79.9. The zero-order chi connectivity index (χ0) is 14.1. The van der Waals surface area contributed by atoms with Gasteiger partial charge in [-0.15, -0.1) is 0 Å². The molecule has 0 saturated carbocycles. The Hall–Kier alpha value is -1.65. The molecule has 2 N–H and O–H groups in total. The van der Waals surface area contributed by atoms with Crippen molar-refractivity contribution in [1.82, 2.24) is 9.78 Å². The smallest absolute Gasteiger partial charge is 0.0923 e. The van der Waals surface area contributed by atoms with E-state index in [0.29, 0.717) is 0 Å². The topological polar surface area (TPSA) is 43.8 Å². The molecule has 20 heavy (non-hydrogen) atoms. The third-order valence-corrected chi connectivity index (χ3v) is 4.01. The first-order chi connectivity index (χ1) is 9.66. The standard InChI is InChI=1S/C16H16BrN3/c1-11(18)16(12-6-8-14(17)9-7-12)20-15-5-3-2-4-13(15)10-19-20/h2-11,16H,18H2,1H3. The molecule has 4 heteroatoms. The fourth-order valence-corrected chi connectivity index (χ4v) is 2.81. The number of fused-ring (bicyclic) bond motifs is 1. The molecule has 3 rings (SSSR count). The Morgan fingerprint density at radius 3 is 2.50 bits per heavy atom. The Morgan fingerprint density at radius 2 is 1.80 bits per heavy atom. The van der Waals surface area contributed by atoms with Crippen LogP contribution in [0.2, 0.25) is 0 Å². The lowest BCUT2D eigenvalue weighted by atomic mass is 10.0. The Morgan fingerprint density at radius 1 is 1.10 bits per heavy atom. The highest BCUT2D eigenvalue weighted by molar-refractivity contribution is 9.10. The van der Waals surface area contributed by atoms with Gasteiger partial charge in [0.1, 0.15) is 0 Å². The number of hydrogen-bond acceptors (Lipinski definition) is 2. The summed E-state index contributed by atoms with van der Waals surface area (Å²) in [5, 5.41) is 5.68. The maximum Gasteiger partial charge on any atom is 0.0923 e. The van der Waals surface area contributed by atoms with Gasteiger partial charge in [-0.05, 0) is 30.7 Å². The van der Waals surface area contributed by atoms with Crippen molar-refractivity contribution >= 4 is 26.8 Å². The predicted octanol–water partition coefficient (Wildman–Crippen LogP) is 3.74. The van der Waals surface area contributed by atoms with Gasteiger partial charge < -0.3 is 5.73 Å². The van der Waals surface area contributed by atoms with Crippen LogP contribution in [-0.4, -0.2) is 15.8 Å². The Labute approximate surface area is 126 Å². The molecule has 0 amide bonds.